The number of nitrogens with zero attached hydrogens (tertiary/aromatic N) is 1. The number of hydrogen-bond donors (Lipinski definition) is 0. The second-order valence-electron chi connectivity index (χ2n) is 3.80. The van der Waals surface area contributed by atoms with Crippen LogP contribution in [0.2, 0.25) is 5.02 Å². The van der Waals surface area contributed by atoms with E-state index in [4.69, 9.17) is 16.3 Å². The Labute approximate surface area is 110 Å². The summed E-state index contributed by atoms with van der Waals surface area (Å²) in [4.78, 5) is 21.6. The Balaban J connectivity index is 2.72. The van der Waals surface area contributed by atoms with Gasteiger partial charge in [0, 0.05) is 17.5 Å². The van der Waals surface area contributed by atoms with Crippen molar-refractivity contribution in [3.8, 4) is 5.75 Å². The minimum atomic E-state index is -0.624. The van der Waals surface area contributed by atoms with Gasteiger partial charge in [-0.05, 0) is 18.6 Å². The second-order valence-corrected chi connectivity index (χ2v) is 4.24. The number of carbonyl (C=O) groups is 1. The number of ether oxygens (including phenoxy) is 1. The first-order valence-corrected chi connectivity index (χ1v) is 6.07. The maximum absolute atomic E-state index is 11.5. The fraction of sp³-hybridized carbons (Fsp3) is 0.417. The number of benzene rings is 1. The van der Waals surface area contributed by atoms with E-state index < -0.39 is 10.9 Å². The third-order valence-corrected chi connectivity index (χ3v) is 2.56. The van der Waals surface area contributed by atoms with E-state index >= 15 is 0 Å². The molecule has 0 unspecified atom stereocenters. The molecule has 0 aliphatic carbocycles. The molecule has 1 rings (SSSR count). The van der Waals surface area contributed by atoms with E-state index in [9.17, 15) is 14.9 Å². The Morgan fingerprint density at radius 3 is 2.78 bits per heavy atom. The summed E-state index contributed by atoms with van der Waals surface area (Å²) in [5, 5.41) is 11.0. The summed E-state index contributed by atoms with van der Waals surface area (Å²) >= 11 is 5.65. The van der Waals surface area contributed by atoms with Crippen LogP contribution >= 0.6 is 11.6 Å². The average molecular weight is 272 g/mol. The number of rotatable bonds is 6. The molecule has 6 heteroatoms. The number of unbranched alkanes of at least 4 members (excludes halogenated alkanes) is 2. The molecule has 0 aliphatic heterocycles. The highest BCUT2D eigenvalue weighted by molar-refractivity contribution is 6.30. The Hall–Kier alpha value is -1.62. The molecule has 98 valence electrons. The highest BCUT2D eigenvalue weighted by Crippen LogP contribution is 2.30. The van der Waals surface area contributed by atoms with Crippen LogP contribution < -0.4 is 4.74 Å². The molecule has 0 saturated heterocycles. The molecule has 0 spiro atoms. The molecule has 0 N–H and O–H groups in total. The summed E-state index contributed by atoms with van der Waals surface area (Å²) in [5.74, 6) is -0.528. The van der Waals surface area contributed by atoms with Gasteiger partial charge in [-0.2, -0.15) is 0 Å². The largest absolute Gasteiger partial charge is 0.419 e. The van der Waals surface area contributed by atoms with Gasteiger partial charge in [0.1, 0.15) is 0 Å². The highest BCUT2D eigenvalue weighted by Gasteiger charge is 2.18. The van der Waals surface area contributed by atoms with E-state index in [0.717, 1.165) is 25.3 Å². The first kappa shape index (κ1) is 14.4. The topological polar surface area (TPSA) is 69.4 Å². The molecular weight excluding hydrogens is 258 g/mol. The molecule has 0 bridgehead atoms. The van der Waals surface area contributed by atoms with E-state index in [1.165, 1.54) is 12.1 Å². The zero-order valence-electron chi connectivity index (χ0n) is 10.0. The Kier molecular flexibility index (Phi) is 5.58. The van der Waals surface area contributed by atoms with Crippen LogP contribution in [0.25, 0.3) is 0 Å². The van der Waals surface area contributed by atoms with Gasteiger partial charge in [-0.3, -0.25) is 14.9 Å². The normalized spacial score (nSPS) is 10.1. The van der Waals surface area contributed by atoms with Crippen LogP contribution in [0.3, 0.4) is 0 Å². The van der Waals surface area contributed by atoms with Crippen LogP contribution in [0.15, 0.2) is 18.2 Å². The zero-order valence-corrected chi connectivity index (χ0v) is 10.8. The number of carbonyl (C=O) groups excluding carboxylic acids is 1. The number of halogens is 1. The molecule has 0 heterocycles. The number of nitro groups is 1. The number of hydrogen-bond acceptors (Lipinski definition) is 4. The molecule has 0 fully saturated rings. The third kappa shape index (κ3) is 4.33. The van der Waals surface area contributed by atoms with Crippen molar-refractivity contribution in [2.24, 2.45) is 0 Å². The lowest BCUT2D eigenvalue weighted by Crippen LogP contribution is -2.08. The van der Waals surface area contributed by atoms with Gasteiger partial charge in [0.25, 0.3) is 0 Å². The SMILES string of the molecule is CCCCCC(=O)Oc1ccc(Cl)cc1[N+](=O)[O-]. The molecule has 1 aromatic rings. The first-order valence-electron chi connectivity index (χ1n) is 5.69. The predicted octanol–water partition coefficient (Wildman–Crippen LogP) is 3.73. The maximum atomic E-state index is 11.5. The average Bonchev–Trinajstić information content (AvgIpc) is 2.31. The molecule has 0 radical (unpaired) electrons. The smallest absolute Gasteiger partial charge is 0.313 e. The van der Waals surface area contributed by atoms with E-state index in [-0.39, 0.29) is 22.9 Å². The molecule has 18 heavy (non-hydrogen) atoms. The Morgan fingerprint density at radius 2 is 2.17 bits per heavy atom. The summed E-state index contributed by atoms with van der Waals surface area (Å²) in [6.07, 6.45) is 2.90. The van der Waals surface area contributed by atoms with E-state index in [1.54, 1.807) is 0 Å². The molecule has 0 aliphatic rings. The Bertz CT molecular complexity index is 448. The van der Waals surface area contributed by atoms with Gasteiger partial charge in [-0.15, -0.1) is 0 Å². The van der Waals surface area contributed by atoms with E-state index in [2.05, 4.69) is 0 Å². The van der Waals surface area contributed by atoms with Gasteiger partial charge < -0.3 is 4.74 Å². The molecule has 1 aromatic carbocycles. The van der Waals surface area contributed by atoms with Crippen molar-refractivity contribution in [2.45, 2.75) is 32.6 Å². The summed E-state index contributed by atoms with van der Waals surface area (Å²) in [6, 6.07) is 3.94. The molecule has 0 saturated carbocycles. The van der Waals surface area contributed by atoms with Crippen molar-refractivity contribution in [3.63, 3.8) is 0 Å². The summed E-state index contributed by atoms with van der Waals surface area (Å²) < 4.78 is 4.97. The molecule has 0 aromatic heterocycles. The summed E-state index contributed by atoms with van der Waals surface area (Å²) in [6.45, 7) is 2.02. The predicted molar refractivity (Wildman–Crippen MR) is 67.9 cm³/mol. The molecule has 0 atom stereocenters. The van der Waals surface area contributed by atoms with Gasteiger partial charge in [-0.1, -0.05) is 31.4 Å². The molecule has 0 amide bonds. The van der Waals surface area contributed by atoms with Crippen molar-refractivity contribution >= 4 is 23.3 Å². The van der Waals surface area contributed by atoms with Crippen molar-refractivity contribution < 1.29 is 14.5 Å². The van der Waals surface area contributed by atoms with Crippen LogP contribution in [0.4, 0.5) is 5.69 Å². The number of nitro benzene ring substituents is 1. The van der Waals surface area contributed by atoms with Crippen LogP contribution in [0, 0.1) is 10.1 Å². The van der Waals surface area contributed by atoms with Crippen LogP contribution in [-0.2, 0) is 4.79 Å². The highest BCUT2D eigenvalue weighted by atomic mass is 35.5. The summed E-state index contributed by atoms with van der Waals surface area (Å²) in [5.41, 5.74) is -0.300. The van der Waals surface area contributed by atoms with Gasteiger partial charge >= 0.3 is 11.7 Å². The fourth-order valence-corrected chi connectivity index (χ4v) is 1.58. The van der Waals surface area contributed by atoms with Gasteiger partial charge in [0.05, 0.1) is 4.92 Å². The van der Waals surface area contributed by atoms with Crippen LogP contribution in [0.1, 0.15) is 32.6 Å². The van der Waals surface area contributed by atoms with Gasteiger partial charge in [0.15, 0.2) is 0 Å². The lowest BCUT2D eigenvalue weighted by atomic mass is 10.2. The standard InChI is InChI=1S/C12H14ClNO4/c1-2-3-4-5-12(15)18-11-7-6-9(13)8-10(11)14(16)17/h6-8H,2-5H2,1H3. The summed E-state index contributed by atoms with van der Waals surface area (Å²) in [7, 11) is 0. The molecule has 5 nitrogen and oxygen atoms in total. The second kappa shape index (κ2) is 6.96. The Morgan fingerprint density at radius 1 is 1.44 bits per heavy atom. The minimum absolute atomic E-state index is 0.0640. The molecular formula is C12H14ClNO4. The quantitative estimate of drug-likeness (QED) is 0.260. The van der Waals surface area contributed by atoms with Crippen LogP contribution in [0.5, 0.6) is 5.75 Å². The zero-order chi connectivity index (χ0) is 13.5. The lowest BCUT2D eigenvalue weighted by molar-refractivity contribution is -0.385. The maximum Gasteiger partial charge on any atom is 0.313 e. The van der Waals surface area contributed by atoms with Crippen molar-refractivity contribution in [2.75, 3.05) is 0 Å². The third-order valence-electron chi connectivity index (χ3n) is 2.33. The van der Waals surface area contributed by atoms with Crippen molar-refractivity contribution in [3.05, 3.63) is 33.3 Å². The van der Waals surface area contributed by atoms with E-state index in [0.29, 0.717) is 0 Å². The van der Waals surface area contributed by atoms with Crippen molar-refractivity contribution in [1.29, 1.82) is 0 Å². The van der Waals surface area contributed by atoms with Gasteiger partial charge in [0.2, 0.25) is 5.75 Å². The fourth-order valence-electron chi connectivity index (χ4n) is 1.41. The minimum Gasteiger partial charge on any atom is -0.419 e. The first-order chi connectivity index (χ1) is 8.54. The van der Waals surface area contributed by atoms with Crippen LogP contribution in [-0.4, -0.2) is 10.9 Å². The number of esters is 1. The van der Waals surface area contributed by atoms with Crippen molar-refractivity contribution in [1.82, 2.24) is 0 Å². The van der Waals surface area contributed by atoms with Gasteiger partial charge in [-0.25, -0.2) is 0 Å². The van der Waals surface area contributed by atoms with E-state index in [1.807, 2.05) is 6.92 Å². The monoisotopic (exact) mass is 271 g/mol. The lowest BCUT2D eigenvalue weighted by Gasteiger charge is -2.05.